The predicted octanol–water partition coefficient (Wildman–Crippen LogP) is 5.61. The van der Waals surface area contributed by atoms with Gasteiger partial charge in [-0.1, -0.05) is 51.1 Å². The second-order valence-corrected chi connectivity index (χ2v) is 11.3. The van der Waals surface area contributed by atoms with Gasteiger partial charge in [0.2, 0.25) is 6.23 Å². The zero-order valence-corrected chi connectivity index (χ0v) is 22.6. The van der Waals surface area contributed by atoms with Gasteiger partial charge in [0, 0.05) is 53.9 Å². The molecule has 7 nitrogen and oxygen atoms in total. The van der Waals surface area contributed by atoms with Gasteiger partial charge in [0.15, 0.2) is 5.84 Å². The Morgan fingerprint density at radius 1 is 1.24 bits per heavy atom. The number of oxime groups is 1. The highest BCUT2D eigenvalue weighted by molar-refractivity contribution is 6.06. The molecule has 2 heterocycles. The number of amides is 1. The fraction of sp³-hybridized carbons (Fsp3) is 0.552. The number of unbranched alkanes of at least 4 members (excludes halogenated alkanes) is 2. The van der Waals surface area contributed by atoms with Crippen LogP contribution in [0.25, 0.3) is 0 Å². The van der Waals surface area contributed by atoms with E-state index in [1.54, 1.807) is 4.90 Å². The number of benzene rings is 1. The summed E-state index contributed by atoms with van der Waals surface area (Å²) in [5, 5.41) is 12.2. The Balaban J connectivity index is 1.39. The molecular weight excluding hydrogens is 469 g/mol. The molecule has 1 aliphatic carbocycles. The van der Waals surface area contributed by atoms with Gasteiger partial charge < -0.3 is 15.1 Å². The summed E-state index contributed by atoms with van der Waals surface area (Å²) in [6, 6.07) is 9.90. The second-order valence-electron chi connectivity index (χ2n) is 11.3. The summed E-state index contributed by atoms with van der Waals surface area (Å²) in [5.41, 5.74) is 4.22. The Morgan fingerprint density at radius 3 is 2.70 bits per heavy atom. The number of hydrogen-bond donors (Lipinski definition) is 1. The number of anilines is 1. The minimum atomic E-state index is -0.600. The van der Waals surface area contributed by atoms with Crippen molar-refractivity contribution in [2.45, 2.75) is 77.9 Å². The molecule has 200 valence electrons. The van der Waals surface area contributed by atoms with E-state index in [1.165, 1.54) is 18.5 Å². The van der Waals surface area contributed by atoms with Crippen molar-refractivity contribution in [3.8, 4) is 0 Å². The van der Waals surface area contributed by atoms with E-state index in [-0.39, 0.29) is 29.5 Å². The number of rotatable bonds is 12. The molecule has 8 heteroatoms. The van der Waals surface area contributed by atoms with E-state index >= 15 is 0 Å². The number of nitrogens with one attached hydrogen (secondary N) is 1. The molecule has 1 N–H and O–H groups in total. The Kier molecular flexibility index (Phi) is 8.35. The molecule has 2 aromatic rings. The van der Waals surface area contributed by atoms with Crippen molar-refractivity contribution >= 4 is 17.4 Å². The van der Waals surface area contributed by atoms with Crippen molar-refractivity contribution in [1.29, 1.82) is 0 Å². The third kappa shape index (κ3) is 6.79. The zero-order valence-electron chi connectivity index (χ0n) is 22.6. The summed E-state index contributed by atoms with van der Waals surface area (Å²) >= 11 is 0. The van der Waals surface area contributed by atoms with Crippen molar-refractivity contribution in [2.24, 2.45) is 17.6 Å². The summed E-state index contributed by atoms with van der Waals surface area (Å²) in [6.45, 7) is 10.0. The molecule has 2 aliphatic rings. The fourth-order valence-corrected chi connectivity index (χ4v) is 4.55. The van der Waals surface area contributed by atoms with E-state index < -0.39 is 6.67 Å². The molecule has 1 saturated carbocycles. The molecule has 1 aliphatic heterocycles. The number of halogens is 1. The Morgan fingerprint density at radius 2 is 2.03 bits per heavy atom. The lowest BCUT2D eigenvalue weighted by Gasteiger charge is -2.25. The smallest absolute Gasteiger partial charge is 0.253 e. The van der Waals surface area contributed by atoms with Crippen LogP contribution >= 0.6 is 0 Å². The molecule has 1 amide bonds. The maximum absolute atomic E-state index is 13.2. The van der Waals surface area contributed by atoms with E-state index in [9.17, 15) is 9.18 Å². The molecule has 1 unspecified atom stereocenters. The molecular formula is C29H40FN5O2. The third-order valence-corrected chi connectivity index (χ3v) is 6.96. The fourth-order valence-electron chi connectivity index (χ4n) is 4.55. The maximum atomic E-state index is 13.2. The number of nitrogens with zero attached hydrogens (tertiary/aromatic N) is 4. The van der Waals surface area contributed by atoms with Crippen LogP contribution in [-0.4, -0.2) is 41.0 Å². The summed E-state index contributed by atoms with van der Waals surface area (Å²) in [5.74, 6) is 1.09. The maximum Gasteiger partial charge on any atom is 0.253 e. The lowest BCUT2D eigenvalue weighted by Crippen LogP contribution is -2.40. The predicted molar refractivity (Wildman–Crippen MR) is 145 cm³/mol. The summed E-state index contributed by atoms with van der Waals surface area (Å²) in [7, 11) is 2.03. The third-order valence-electron chi connectivity index (χ3n) is 6.96. The molecule has 0 radical (unpaired) electrons. The number of carbonyl (C=O) groups is 1. The van der Waals surface area contributed by atoms with Gasteiger partial charge in [-0.3, -0.25) is 13.9 Å². The van der Waals surface area contributed by atoms with Crippen LogP contribution in [0, 0.1) is 5.41 Å². The SMILES string of the molecule is C=C(CCF)C(=O)N(CCCCCc1cc(C2CC2)n(C)n1)c1cccc(C2=NOC(C(C)(C)C)N2)c1. The normalized spacial score (nSPS) is 17.2. The Labute approximate surface area is 219 Å². The zero-order chi connectivity index (χ0) is 26.6. The van der Waals surface area contributed by atoms with Crippen LogP contribution < -0.4 is 10.2 Å². The van der Waals surface area contributed by atoms with E-state index in [2.05, 4.69) is 49.0 Å². The highest BCUT2D eigenvalue weighted by Crippen LogP contribution is 2.40. The molecule has 0 saturated heterocycles. The van der Waals surface area contributed by atoms with Crippen LogP contribution in [0.5, 0.6) is 0 Å². The van der Waals surface area contributed by atoms with Crippen molar-refractivity contribution in [3.05, 3.63) is 59.4 Å². The topological polar surface area (TPSA) is 71.8 Å². The van der Waals surface area contributed by atoms with Gasteiger partial charge in [-0.15, -0.1) is 0 Å². The molecule has 1 aromatic heterocycles. The lowest BCUT2D eigenvalue weighted by molar-refractivity contribution is -0.115. The van der Waals surface area contributed by atoms with Gasteiger partial charge in [0.25, 0.3) is 5.91 Å². The van der Waals surface area contributed by atoms with E-state index in [0.717, 1.165) is 42.6 Å². The molecule has 0 spiro atoms. The minimum Gasteiger partial charge on any atom is -0.368 e. The van der Waals surface area contributed by atoms with Crippen LogP contribution in [0.15, 0.2) is 47.6 Å². The molecule has 37 heavy (non-hydrogen) atoms. The average Bonchev–Trinajstić information content (AvgIpc) is 3.43. The van der Waals surface area contributed by atoms with Crippen molar-refractivity contribution < 1.29 is 14.0 Å². The molecule has 1 aromatic carbocycles. The first kappa shape index (κ1) is 26.9. The van der Waals surface area contributed by atoms with Gasteiger partial charge in [0.05, 0.1) is 12.4 Å². The number of hydrogen-bond acceptors (Lipinski definition) is 5. The second kappa shape index (κ2) is 11.5. The molecule has 1 fully saturated rings. The van der Waals surface area contributed by atoms with Gasteiger partial charge >= 0.3 is 0 Å². The number of carbonyl (C=O) groups excluding carboxylic acids is 1. The largest absolute Gasteiger partial charge is 0.368 e. The number of aromatic nitrogens is 2. The Bertz CT molecular complexity index is 1150. The van der Waals surface area contributed by atoms with E-state index in [4.69, 9.17) is 4.84 Å². The van der Waals surface area contributed by atoms with Gasteiger partial charge in [0.1, 0.15) is 0 Å². The monoisotopic (exact) mass is 509 g/mol. The minimum absolute atomic E-state index is 0.0351. The van der Waals surface area contributed by atoms with Crippen molar-refractivity contribution in [3.63, 3.8) is 0 Å². The van der Waals surface area contributed by atoms with Crippen LogP contribution in [0.3, 0.4) is 0 Å². The molecule has 4 rings (SSSR count). The highest BCUT2D eigenvalue weighted by Gasteiger charge is 2.32. The first-order valence-corrected chi connectivity index (χ1v) is 13.4. The number of amidine groups is 1. The van der Waals surface area contributed by atoms with Crippen LogP contribution in [0.2, 0.25) is 0 Å². The highest BCUT2D eigenvalue weighted by atomic mass is 19.1. The lowest BCUT2D eigenvalue weighted by atomic mass is 9.94. The Hall–Kier alpha value is -3.16. The van der Waals surface area contributed by atoms with Crippen molar-refractivity contribution in [2.75, 3.05) is 18.1 Å². The number of aryl methyl sites for hydroxylation is 2. The molecule has 1 atom stereocenters. The summed E-state index contributed by atoms with van der Waals surface area (Å²) in [4.78, 5) is 20.5. The molecule has 0 bridgehead atoms. The standard InChI is InChI=1S/C29H40FN5O2/c1-20(15-16-30)27(36)35(17-8-6-7-11-23-19-25(21-13-14-21)34(5)32-23)24-12-9-10-22(18-24)26-31-28(37-33-26)29(2,3)4/h9-10,12,18-19,21,28H,1,6-8,11,13-17H2,2-5H3,(H,31,33). The summed E-state index contributed by atoms with van der Waals surface area (Å²) < 4.78 is 15.0. The average molecular weight is 510 g/mol. The first-order chi connectivity index (χ1) is 17.7. The summed E-state index contributed by atoms with van der Waals surface area (Å²) in [6.07, 6.45) is 6.07. The van der Waals surface area contributed by atoms with Crippen molar-refractivity contribution in [1.82, 2.24) is 15.1 Å². The quantitative estimate of drug-likeness (QED) is 0.298. The number of alkyl halides is 1. The van der Waals surface area contributed by atoms with Crippen LogP contribution in [-0.2, 0) is 23.1 Å². The van der Waals surface area contributed by atoms with Gasteiger partial charge in [-0.05, 0) is 50.3 Å². The van der Waals surface area contributed by atoms with Gasteiger partial charge in [-0.25, -0.2) is 0 Å². The van der Waals surface area contributed by atoms with E-state index in [0.29, 0.717) is 18.3 Å². The van der Waals surface area contributed by atoms with E-state index in [1.807, 2.05) is 36.0 Å². The first-order valence-electron chi connectivity index (χ1n) is 13.4. The van der Waals surface area contributed by atoms with Crippen LogP contribution in [0.4, 0.5) is 10.1 Å². The van der Waals surface area contributed by atoms with Gasteiger partial charge in [-0.2, -0.15) is 5.10 Å². The van der Waals surface area contributed by atoms with Crippen LogP contribution in [0.1, 0.15) is 82.2 Å².